The number of likely N-dealkylation sites (N-methyl/N-ethyl adjacent to an activating group) is 1. The molecule has 1 unspecified atom stereocenters. The summed E-state index contributed by atoms with van der Waals surface area (Å²) in [5.41, 5.74) is 10.9. The van der Waals surface area contributed by atoms with Crippen molar-refractivity contribution in [3.63, 3.8) is 0 Å². The Morgan fingerprint density at radius 1 is 1.45 bits per heavy atom. The van der Waals surface area contributed by atoms with Gasteiger partial charge in [0.1, 0.15) is 0 Å². The molecule has 0 heterocycles. The van der Waals surface area contributed by atoms with E-state index in [1.807, 2.05) is 14.1 Å². The molecule has 0 rings (SSSR count). The molecule has 4 heteroatoms. The van der Waals surface area contributed by atoms with Gasteiger partial charge in [-0.15, -0.1) is 0 Å². The van der Waals surface area contributed by atoms with Crippen LogP contribution < -0.4 is 16.8 Å². The maximum absolute atomic E-state index is 5.59. The van der Waals surface area contributed by atoms with Crippen LogP contribution in [0.1, 0.15) is 0 Å². The van der Waals surface area contributed by atoms with Gasteiger partial charge in [0.15, 0.2) is 0 Å². The topological polar surface area (TPSA) is 67.3 Å². The molecule has 0 aromatic heterocycles. The van der Waals surface area contributed by atoms with Gasteiger partial charge in [-0.25, -0.2) is 0 Å². The number of rotatable bonds is 6. The Bertz CT molecular complexity index is 84.5. The fourth-order valence-corrected chi connectivity index (χ4v) is 0.673. The standard InChI is InChI=1S/C7H20N4/c1-11(2)4-3-10-6-7(9)5-8/h7,10H,3-6,8-9H2,1-2H3. The number of nitrogens with one attached hydrogen (secondary N) is 1. The van der Waals surface area contributed by atoms with Gasteiger partial charge in [-0.05, 0) is 14.1 Å². The normalized spacial score (nSPS) is 13.9. The van der Waals surface area contributed by atoms with Crippen LogP contribution in [-0.4, -0.2) is 51.2 Å². The van der Waals surface area contributed by atoms with Crippen molar-refractivity contribution in [1.82, 2.24) is 10.2 Å². The van der Waals surface area contributed by atoms with E-state index < -0.39 is 0 Å². The second-order valence-electron chi connectivity index (χ2n) is 3.00. The third-order valence-electron chi connectivity index (χ3n) is 1.45. The number of hydrogen-bond donors (Lipinski definition) is 3. The average Bonchev–Trinajstić information content (AvgIpc) is 1.97. The summed E-state index contributed by atoms with van der Waals surface area (Å²) >= 11 is 0. The van der Waals surface area contributed by atoms with Gasteiger partial charge >= 0.3 is 0 Å². The van der Waals surface area contributed by atoms with E-state index in [9.17, 15) is 0 Å². The Labute approximate surface area is 68.9 Å². The van der Waals surface area contributed by atoms with Crippen molar-refractivity contribution in [2.75, 3.05) is 40.3 Å². The third-order valence-corrected chi connectivity index (χ3v) is 1.45. The van der Waals surface area contributed by atoms with Crippen LogP contribution in [0.25, 0.3) is 0 Å². The fraction of sp³-hybridized carbons (Fsp3) is 1.00. The summed E-state index contributed by atoms with van der Waals surface area (Å²) in [4.78, 5) is 2.13. The molecule has 0 saturated carbocycles. The van der Waals surface area contributed by atoms with Gasteiger partial charge in [-0.3, -0.25) is 0 Å². The van der Waals surface area contributed by atoms with Gasteiger partial charge in [0.25, 0.3) is 0 Å². The Morgan fingerprint density at radius 2 is 2.09 bits per heavy atom. The molecule has 0 amide bonds. The highest BCUT2D eigenvalue weighted by molar-refractivity contribution is 4.64. The van der Waals surface area contributed by atoms with E-state index in [4.69, 9.17) is 11.5 Å². The Morgan fingerprint density at radius 3 is 2.55 bits per heavy atom. The van der Waals surface area contributed by atoms with E-state index in [2.05, 4.69) is 10.2 Å². The van der Waals surface area contributed by atoms with Crippen LogP contribution in [0.3, 0.4) is 0 Å². The van der Waals surface area contributed by atoms with Crippen molar-refractivity contribution in [2.45, 2.75) is 6.04 Å². The Balaban J connectivity index is 3.01. The molecule has 68 valence electrons. The molecule has 4 nitrogen and oxygen atoms in total. The maximum Gasteiger partial charge on any atom is 0.0290 e. The Hall–Kier alpha value is -0.160. The van der Waals surface area contributed by atoms with E-state index >= 15 is 0 Å². The zero-order valence-electron chi connectivity index (χ0n) is 7.51. The van der Waals surface area contributed by atoms with Crippen molar-refractivity contribution in [3.05, 3.63) is 0 Å². The summed E-state index contributed by atoms with van der Waals surface area (Å²) in [5.74, 6) is 0. The van der Waals surface area contributed by atoms with Crippen LogP contribution in [-0.2, 0) is 0 Å². The van der Waals surface area contributed by atoms with Crippen LogP contribution in [0.2, 0.25) is 0 Å². The van der Waals surface area contributed by atoms with Crippen molar-refractivity contribution in [2.24, 2.45) is 11.5 Å². The molecule has 5 N–H and O–H groups in total. The number of hydrogen-bond acceptors (Lipinski definition) is 4. The molecule has 1 atom stereocenters. The average molecular weight is 160 g/mol. The lowest BCUT2D eigenvalue weighted by Gasteiger charge is -2.12. The van der Waals surface area contributed by atoms with Gasteiger partial charge in [-0.2, -0.15) is 0 Å². The minimum atomic E-state index is 0.0946. The third kappa shape index (κ3) is 7.74. The largest absolute Gasteiger partial charge is 0.329 e. The molecule has 0 radical (unpaired) electrons. The summed E-state index contributed by atoms with van der Waals surface area (Å²) in [6.45, 7) is 3.37. The van der Waals surface area contributed by atoms with Crippen LogP contribution in [0.15, 0.2) is 0 Å². The lowest BCUT2D eigenvalue weighted by atomic mass is 10.3. The van der Waals surface area contributed by atoms with Gasteiger partial charge in [0, 0.05) is 32.2 Å². The van der Waals surface area contributed by atoms with Crippen LogP contribution in [0, 0.1) is 0 Å². The smallest absolute Gasteiger partial charge is 0.0290 e. The molecule has 0 aromatic rings. The second-order valence-corrected chi connectivity index (χ2v) is 3.00. The first-order valence-electron chi connectivity index (χ1n) is 3.98. The summed E-state index contributed by atoms with van der Waals surface area (Å²) in [7, 11) is 4.09. The second kappa shape index (κ2) is 6.54. The highest BCUT2D eigenvalue weighted by Crippen LogP contribution is 1.72. The van der Waals surface area contributed by atoms with Gasteiger partial charge in [-0.1, -0.05) is 0 Å². The summed E-state index contributed by atoms with van der Waals surface area (Å²) in [6.07, 6.45) is 0. The van der Waals surface area contributed by atoms with Crippen molar-refractivity contribution in [1.29, 1.82) is 0 Å². The first-order valence-corrected chi connectivity index (χ1v) is 3.98. The van der Waals surface area contributed by atoms with Gasteiger partial charge < -0.3 is 21.7 Å². The molecule has 0 spiro atoms. The first-order chi connectivity index (χ1) is 5.16. The molecule has 0 aliphatic carbocycles. The van der Waals surface area contributed by atoms with E-state index in [1.54, 1.807) is 0 Å². The molecule has 0 fully saturated rings. The fourth-order valence-electron chi connectivity index (χ4n) is 0.673. The molecule has 0 aromatic carbocycles. The van der Waals surface area contributed by atoms with Crippen molar-refractivity contribution in [3.8, 4) is 0 Å². The van der Waals surface area contributed by atoms with E-state index in [0.717, 1.165) is 19.6 Å². The minimum Gasteiger partial charge on any atom is -0.329 e. The molecule has 0 aliphatic heterocycles. The van der Waals surface area contributed by atoms with Gasteiger partial charge in [0.2, 0.25) is 0 Å². The zero-order chi connectivity index (χ0) is 8.69. The molecule has 11 heavy (non-hydrogen) atoms. The Kier molecular flexibility index (Phi) is 6.45. The molecule has 0 bridgehead atoms. The van der Waals surface area contributed by atoms with Crippen LogP contribution in [0.5, 0.6) is 0 Å². The highest BCUT2D eigenvalue weighted by Gasteiger charge is 1.96. The minimum absolute atomic E-state index is 0.0946. The van der Waals surface area contributed by atoms with Crippen molar-refractivity contribution >= 4 is 0 Å². The molecular formula is C7H20N4. The van der Waals surface area contributed by atoms with Gasteiger partial charge in [0.05, 0.1) is 0 Å². The lowest BCUT2D eigenvalue weighted by molar-refractivity contribution is 0.396. The SMILES string of the molecule is CN(C)CCNCC(N)CN. The predicted octanol–water partition coefficient (Wildman–Crippen LogP) is -1.58. The summed E-state index contributed by atoms with van der Waals surface area (Å²) in [6, 6.07) is 0.0946. The van der Waals surface area contributed by atoms with Crippen LogP contribution >= 0.6 is 0 Å². The summed E-state index contributed by atoms with van der Waals surface area (Å²) in [5, 5.41) is 3.22. The maximum atomic E-state index is 5.59. The van der Waals surface area contributed by atoms with E-state index in [1.165, 1.54) is 0 Å². The first kappa shape index (κ1) is 10.8. The molecule has 0 aliphatic rings. The van der Waals surface area contributed by atoms with E-state index in [-0.39, 0.29) is 6.04 Å². The van der Waals surface area contributed by atoms with Crippen molar-refractivity contribution < 1.29 is 0 Å². The highest BCUT2D eigenvalue weighted by atomic mass is 15.1. The quantitative estimate of drug-likeness (QED) is 0.410. The molecular weight excluding hydrogens is 140 g/mol. The monoisotopic (exact) mass is 160 g/mol. The van der Waals surface area contributed by atoms with E-state index in [0.29, 0.717) is 6.54 Å². The summed E-state index contributed by atoms with van der Waals surface area (Å²) < 4.78 is 0. The number of nitrogens with zero attached hydrogens (tertiary/aromatic N) is 1. The molecule has 0 saturated heterocycles. The number of nitrogens with two attached hydrogens (primary N) is 2. The zero-order valence-corrected chi connectivity index (χ0v) is 7.51. The lowest BCUT2D eigenvalue weighted by Crippen LogP contribution is -2.41. The van der Waals surface area contributed by atoms with Crippen LogP contribution in [0.4, 0.5) is 0 Å². The predicted molar refractivity (Wildman–Crippen MR) is 48.5 cm³/mol.